The Morgan fingerprint density at radius 2 is 0.667 bits per heavy atom. The van der Waals surface area contributed by atoms with Gasteiger partial charge in [0.15, 0.2) is 0 Å². The first-order chi connectivity index (χ1) is 32.4. The number of benzene rings is 12. The predicted molar refractivity (Wildman–Crippen MR) is 243 cm³/mol. The lowest BCUT2D eigenvalue weighted by Gasteiger charge is -2.15. The van der Waals surface area contributed by atoms with Crippen LogP contribution in [0, 0.1) is 0 Å². The molecule has 0 bridgehead atoms. The molecule has 0 aliphatic heterocycles. The van der Waals surface area contributed by atoms with Gasteiger partial charge in [-0.05, 0) is 122 Å². The van der Waals surface area contributed by atoms with E-state index in [1.807, 2.05) is 48.5 Å². The lowest BCUT2D eigenvalue weighted by atomic mass is 9.87. The number of rotatable bonds is 4. The Balaban J connectivity index is 1.21. The van der Waals surface area contributed by atoms with Crippen molar-refractivity contribution in [3.63, 3.8) is 0 Å². The van der Waals surface area contributed by atoms with Gasteiger partial charge in [-0.2, -0.15) is 0 Å². The second-order valence-corrected chi connectivity index (χ2v) is 14.8. The zero-order valence-electron chi connectivity index (χ0n) is 40.1. The summed E-state index contributed by atoms with van der Waals surface area (Å²) in [4.78, 5) is 0. The smallest absolute Gasteiger partial charge is 0.143 e. The van der Waals surface area contributed by atoms with E-state index in [2.05, 4.69) is 84.9 Å². The highest BCUT2D eigenvalue weighted by molar-refractivity contribution is 6.27. The Hall–Kier alpha value is -7.48. The highest BCUT2D eigenvalue weighted by atomic mass is 16.3. The fourth-order valence-electron chi connectivity index (χ4n) is 9.41. The third kappa shape index (κ3) is 4.40. The van der Waals surface area contributed by atoms with Gasteiger partial charge >= 0.3 is 0 Å². The van der Waals surface area contributed by atoms with Gasteiger partial charge in [-0.25, -0.2) is 0 Å². The largest absolute Gasteiger partial charge is 0.455 e. The van der Waals surface area contributed by atoms with E-state index in [9.17, 15) is 5.48 Å². The number of furan rings is 1. The van der Waals surface area contributed by atoms with E-state index in [4.69, 9.17) is 12.6 Å². The number of hydrogen-bond donors (Lipinski definition) is 0. The van der Waals surface area contributed by atoms with Gasteiger partial charge in [0.1, 0.15) is 11.2 Å². The van der Waals surface area contributed by atoms with E-state index in [1.165, 1.54) is 0 Å². The average molecular weight is 731 g/mol. The molecule has 262 valence electrons. The van der Waals surface area contributed by atoms with Crippen molar-refractivity contribution in [1.29, 1.82) is 0 Å². The first-order valence-corrected chi connectivity index (χ1v) is 18.9. The molecule has 0 aliphatic carbocycles. The molecule has 0 fully saturated rings. The minimum absolute atomic E-state index is 0.0500. The van der Waals surface area contributed by atoms with E-state index in [-0.39, 0.29) is 33.4 Å². The quantitative estimate of drug-likeness (QED) is 0.164. The molecule has 13 rings (SSSR count). The third-order valence-electron chi connectivity index (χ3n) is 11.9. The SMILES string of the molecule is [2H]c1c([2H])c([2H])c(-c2cc(-c3ccc4ccc5cccc6ccc3c4c56)cc3c2oc2c(-c4c([2H])c([2H])c([2H])c([2H])c4[2H])cc(-c4ccc5ccc6cccc7ccc4c5c67)cc23)c([2H])c1[2H]. The molecule has 1 aromatic heterocycles. The summed E-state index contributed by atoms with van der Waals surface area (Å²) in [5.74, 6) is 0. The van der Waals surface area contributed by atoms with Gasteiger partial charge in [0.05, 0.1) is 13.7 Å². The molecule has 0 radical (unpaired) electrons. The molecule has 1 heterocycles. The van der Waals surface area contributed by atoms with Gasteiger partial charge in [-0.3, -0.25) is 0 Å². The minimum Gasteiger partial charge on any atom is -0.455 e. The molecular weight excluding hydrogens is 689 g/mol. The van der Waals surface area contributed by atoms with E-state index >= 15 is 0 Å². The van der Waals surface area contributed by atoms with Crippen LogP contribution in [0.2, 0.25) is 0 Å². The summed E-state index contributed by atoms with van der Waals surface area (Å²) >= 11 is 0. The van der Waals surface area contributed by atoms with Crippen molar-refractivity contribution in [2.75, 3.05) is 0 Å². The molecule has 0 atom stereocenters. The van der Waals surface area contributed by atoms with Gasteiger partial charge in [0.25, 0.3) is 0 Å². The molecule has 0 spiro atoms. The van der Waals surface area contributed by atoms with Crippen molar-refractivity contribution < 1.29 is 18.1 Å². The molecule has 0 saturated heterocycles. The summed E-state index contributed by atoms with van der Waals surface area (Å²) in [5, 5.41) is 14.0. The Morgan fingerprint density at radius 1 is 0.298 bits per heavy atom. The summed E-state index contributed by atoms with van der Waals surface area (Å²) < 4.78 is 95.7. The van der Waals surface area contributed by atoms with Crippen LogP contribution in [0.1, 0.15) is 13.7 Å². The van der Waals surface area contributed by atoms with Crippen molar-refractivity contribution in [2.24, 2.45) is 0 Å². The Kier molecular flexibility index (Phi) is 4.61. The molecule has 1 nitrogen and oxygen atoms in total. The fraction of sp³-hybridized carbons (Fsp3) is 0. The van der Waals surface area contributed by atoms with E-state index < -0.39 is 60.4 Å². The topological polar surface area (TPSA) is 13.1 Å². The molecular formula is C56H32O. The van der Waals surface area contributed by atoms with Crippen LogP contribution in [-0.2, 0) is 0 Å². The van der Waals surface area contributed by atoms with Crippen LogP contribution >= 0.6 is 0 Å². The summed E-state index contributed by atoms with van der Waals surface area (Å²) in [6.45, 7) is 0. The van der Waals surface area contributed by atoms with E-state index in [0.29, 0.717) is 21.9 Å². The maximum Gasteiger partial charge on any atom is 0.143 e. The van der Waals surface area contributed by atoms with E-state index in [0.717, 1.165) is 75.8 Å². The highest BCUT2D eigenvalue weighted by Gasteiger charge is 2.22. The van der Waals surface area contributed by atoms with E-state index in [1.54, 1.807) is 0 Å². The molecule has 13 aromatic rings. The van der Waals surface area contributed by atoms with Crippen LogP contribution in [0.4, 0.5) is 0 Å². The van der Waals surface area contributed by atoms with Crippen LogP contribution in [-0.4, -0.2) is 0 Å². The number of fused-ring (bicyclic) bond motifs is 3. The van der Waals surface area contributed by atoms with Crippen LogP contribution in [0.15, 0.2) is 198 Å². The van der Waals surface area contributed by atoms with Gasteiger partial charge < -0.3 is 4.42 Å². The average Bonchev–Trinajstić information content (AvgIpc) is 3.73. The minimum atomic E-state index is -0.524. The molecule has 1 heteroatoms. The summed E-state index contributed by atoms with van der Waals surface area (Å²) in [6.07, 6.45) is 0. The maximum atomic E-state index is 9.22. The molecule has 0 amide bonds. The van der Waals surface area contributed by atoms with Crippen LogP contribution in [0.25, 0.3) is 131 Å². The van der Waals surface area contributed by atoms with Gasteiger partial charge in [-0.1, -0.05) is 170 Å². The van der Waals surface area contributed by atoms with Gasteiger partial charge in [0, 0.05) is 21.9 Å². The summed E-state index contributed by atoms with van der Waals surface area (Å²) in [5.41, 5.74) is 3.95. The zero-order chi connectivity index (χ0) is 45.9. The lowest BCUT2D eigenvalue weighted by Crippen LogP contribution is -1.89. The molecule has 0 unspecified atom stereocenters. The zero-order valence-corrected chi connectivity index (χ0v) is 30.1. The Labute approximate surface area is 342 Å². The Morgan fingerprint density at radius 3 is 1.09 bits per heavy atom. The second kappa shape index (κ2) is 11.5. The fourth-order valence-corrected chi connectivity index (χ4v) is 9.41. The molecule has 12 aromatic carbocycles. The first-order valence-electron chi connectivity index (χ1n) is 23.9. The molecule has 0 aliphatic rings. The summed E-state index contributed by atoms with van der Waals surface area (Å²) in [7, 11) is 0. The van der Waals surface area contributed by atoms with Crippen molar-refractivity contribution in [1.82, 2.24) is 0 Å². The molecule has 0 saturated carbocycles. The third-order valence-corrected chi connectivity index (χ3v) is 11.9. The van der Waals surface area contributed by atoms with Crippen LogP contribution in [0.5, 0.6) is 0 Å². The normalized spacial score (nSPS) is 14.7. The van der Waals surface area contributed by atoms with Crippen molar-refractivity contribution in [3.05, 3.63) is 194 Å². The molecule has 0 N–H and O–H groups in total. The van der Waals surface area contributed by atoms with Crippen LogP contribution in [0.3, 0.4) is 0 Å². The van der Waals surface area contributed by atoms with Crippen molar-refractivity contribution in [3.8, 4) is 44.5 Å². The van der Waals surface area contributed by atoms with Crippen molar-refractivity contribution in [2.45, 2.75) is 0 Å². The number of hydrogen-bond acceptors (Lipinski definition) is 1. The highest BCUT2D eigenvalue weighted by Crippen LogP contribution is 2.48. The monoisotopic (exact) mass is 730 g/mol. The lowest BCUT2D eigenvalue weighted by molar-refractivity contribution is 0.671. The second-order valence-electron chi connectivity index (χ2n) is 14.8. The van der Waals surface area contributed by atoms with Gasteiger partial charge in [0.2, 0.25) is 0 Å². The Bertz CT molecular complexity index is 3980. The van der Waals surface area contributed by atoms with Crippen molar-refractivity contribution >= 4 is 86.6 Å². The standard InChI is InChI=1S/C56H32O/c1-3-9-33(10-4-1)47-29-41(43-25-21-39-19-17-35-13-7-15-37-23-27-45(43)53(39)51(35)37)31-49-50-32-42(30-48(56(50)57-55(47)49)34-11-5-2-6-12-34)44-26-22-40-20-18-36-14-8-16-38-24-28-46(44)54(40)52(36)38/h1-32H/i1D,2D,3D,4D,5D,6D,9D,10D,11D,12D. The molecule has 57 heavy (non-hydrogen) atoms. The maximum absolute atomic E-state index is 9.22. The van der Waals surface area contributed by atoms with Crippen LogP contribution < -0.4 is 0 Å². The first kappa shape index (κ1) is 22.8. The van der Waals surface area contributed by atoms with Gasteiger partial charge in [-0.15, -0.1) is 0 Å². The summed E-state index contributed by atoms with van der Waals surface area (Å²) in [6, 6.07) is 40.6. The predicted octanol–water partition coefficient (Wildman–Crippen LogP) is 16.0.